The van der Waals surface area contributed by atoms with Gasteiger partial charge in [0.25, 0.3) is 5.91 Å². The lowest BCUT2D eigenvalue weighted by Gasteiger charge is -2.24. The summed E-state index contributed by atoms with van der Waals surface area (Å²) in [4.78, 5) is 29.8. The summed E-state index contributed by atoms with van der Waals surface area (Å²) in [5, 5.41) is 3.16. The molecule has 1 aliphatic rings. The number of rotatable bonds is 11. The van der Waals surface area contributed by atoms with Crippen molar-refractivity contribution in [2.75, 3.05) is 32.6 Å². The Bertz CT molecular complexity index is 1290. The van der Waals surface area contributed by atoms with Gasteiger partial charge in [-0.3, -0.25) is 14.5 Å². The molecule has 38 heavy (non-hydrogen) atoms. The SMILES string of the molecule is COc1ccc(CCN2C(=S)N(CCc3ccccc3)C(=O)[C@H]2CC(=O)Nc2ccc(F)cc2)cc1OC. The Morgan fingerprint density at radius 1 is 0.921 bits per heavy atom. The monoisotopic (exact) mass is 535 g/mol. The largest absolute Gasteiger partial charge is 0.493 e. The van der Waals surface area contributed by atoms with Crippen LogP contribution in [0.5, 0.6) is 11.5 Å². The molecule has 1 aliphatic heterocycles. The van der Waals surface area contributed by atoms with Crippen molar-refractivity contribution in [2.45, 2.75) is 25.3 Å². The van der Waals surface area contributed by atoms with Crippen molar-refractivity contribution in [1.82, 2.24) is 9.80 Å². The van der Waals surface area contributed by atoms with Crippen LogP contribution in [0.3, 0.4) is 0 Å². The predicted octanol–water partition coefficient (Wildman–Crippen LogP) is 4.45. The van der Waals surface area contributed by atoms with Gasteiger partial charge in [-0.15, -0.1) is 0 Å². The van der Waals surface area contributed by atoms with Crippen molar-refractivity contribution < 1.29 is 23.5 Å². The highest BCUT2D eigenvalue weighted by Gasteiger charge is 2.42. The van der Waals surface area contributed by atoms with Gasteiger partial charge in [0.15, 0.2) is 16.6 Å². The maximum absolute atomic E-state index is 13.5. The quantitative estimate of drug-likeness (QED) is 0.366. The Labute approximate surface area is 227 Å². The molecule has 1 saturated heterocycles. The molecule has 0 radical (unpaired) electrons. The van der Waals surface area contributed by atoms with Crippen LogP contribution in [0.25, 0.3) is 0 Å². The lowest BCUT2D eigenvalue weighted by Crippen LogP contribution is -2.39. The van der Waals surface area contributed by atoms with Crippen molar-refractivity contribution >= 4 is 34.8 Å². The van der Waals surface area contributed by atoms with Crippen LogP contribution in [0, 0.1) is 5.82 Å². The Balaban J connectivity index is 1.50. The number of nitrogens with zero attached hydrogens (tertiary/aromatic N) is 2. The van der Waals surface area contributed by atoms with Crippen LogP contribution in [-0.4, -0.2) is 60.1 Å². The van der Waals surface area contributed by atoms with Crippen LogP contribution in [0.1, 0.15) is 17.5 Å². The minimum atomic E-state index is -0.737. The summed E-state index contributed by atoms with van der Waals surface area (Å²) < 4.78 is 24.0. The molecule has 0 spiro atoms. The molecular weight excluding hydrogens is 505 g/mol. The third-order valence-electron chi connectivity index (χ3n) is 6.47. The number of methoxy groups -OCH3 is 2. The van der Waals surface area contributed by atoms with Gasteiger partial charge >= 0.3 is 0 Å². The van der Waals surface area contributed by atoms with Crippen LogP contribution in [-0.2, 0) is 22.4 Å². The van der Waals surface area contributed by atoms with E-state index in [1.807, 2.05) is 53.4 Å². The second-order valence-corrected chi connectivity index (χ2v) is 9.28. The van der Waals surface area contributed by atoms with Gasteiger partial charge in [-0.25, -0.2) is 4.39 Å². The Kier molecular flexibility index (Phi) is 8.91. The molecule has 1 N–H and O–H groups in total. The first-order chi connectivity index (χ1) is 18.4. The highest BCUT2D eigenvalue weighted by molar-refractivity contribution is 7.80. The zero-order valence-electron chi connectivity index (χ0n) is 21.4. The summed E-state index contributed by atoms with van der Waals surface area (Å²) in [7, 11) is 3.16. The van der Waals surface area contributed by atoms with E-state index in [0.717, 1.165) is 11.1 Å². The van der Waals surface area contributed by atoms with Gasteiger partial charge in [0.05, 0.1) is 20.6 Å². The second kappa shape index (κ2) is 12.5. The minimum Gasteiger partial charge on any atom is -0.493 e. The number of nitrogens with one attached hydrogen (secondary N) is 1. The van der Waals surface area contributed by atoms with E-state index in [-0.39, 0.29) is 18.2 Å². The van der Waals surface area contributed by atoms with E-state index in [1.54, 1.807) is 19.1 Å². The van der Waals surface area contributed by atoms with Crippen molar-refractivity contribution in [3.8, 4) is 11.5 Å². The van der Waals surface area contributed by atoms with E-state index in [0.29, 0.717) is 48.2 Å². The van der Waals surface area contributed by atoms with E-state index < -0.39 is 11.9 Å². The summed E-state index contributed by atoms with van der Waals surface area (Å²) in [6.07, 6.45) is 1.14. The smallest absolute Gasteiger partial charge is 0.252 e. The first kappa shape index (κ1) is 27.1. The van der Waals surface area contributed by atoms with E-state index >= 15 is 0 Å². The zero-order valence-corrected chi connectivity index (χ0v) is 22.2. The van der Waals surface area contributed by atoms with Gasteiger partial charge in [0, 0.05) is 18.8 Å². The van der Waals surface area contributed by atoms with E-state index in [2.05, 4.69) is 5.32 Å². The number of ether oxygens (including phenoxy) is 2. The number of halogens is 1. The number of hydrogen-bond acceptors (Lipinski definition) is 5. The van der Waals surface area contributed by atoms with Crippen molar-refractivity contribution in [2.24, 2.45) is 0 Å². The molecule has 1 fully saturated rings. The third kappa shape index (κ3) is 6.47. The van der Waals surface area contributed by atoms with Crippen LogP contribution in [0.2, 0.25) is 0 Å². The summed E-state index contributed by atoms with van der Waals surface area (Å²) in [6.45, 7) is 0.862. The first-order valence-corrected chi connectivity index (χ1v) is 12.7. The van der Waals surface area contributed by atoms with Gasteiger partial charge < -0.3 is 19.7 Å². The number of amides is 2. The molecule has 0 saturated carbocycles. The minimum absolute atomic E-state index is 0.0792. The van der Waals surface area contributed by atoms with Crippen molar-refractivity contribution in [3.63, 3.8) is 0 Å². The lowest BCUT2D eigenvalue weighted by atomic mass is 10.1. The molecule has 7 nitrogen and oxygen atoms in total. The summed E-state index contributed by atoms with van der Waals surface area (Å²) in [6, 6.07) is 20.3. The van der Waals surface area contributed by atoms with Gasteiger partial charge in [-0.1, -0.05) is 36.4 Å². The standard InChI is InChI=1S/C29H30FN3O4S/c1-36-25-13-8-21(18-26(25)37-2)15-16-32-24(19-27(34)31-23-11-9-22(30)10-12-23)28(35)33(29(32)38)17-14-20-6-4-3-5-7-20/h3-13,18,24H,14-17,19H2,1-2H3,(H,31,34)/t24-/m1/s1. The number of thiocarbonyl (C=S) groups is 1. The Morgan fingerprint density at radius 3 is 2.29 bits per heavy atom. The zero-order chi connectivity index (χ0) is 27.1. The van der Waals surface area contributed by atoms with Gasteiger partial charge in [0.2, 0.25) is 5.91 Å². The average Bonchev–Trinajstić information content (AvgIpc) is 3.15. The summed E-state index contributed by atoms with van der Waals surface area (Å²) >= 11 is 5.74. The number of hydrogen-bond donors (Lipinski definition) is 1. The van der Waals surface area contributed by atoms with Gasteiger partial charge in [-0.05, 0) is 72.6 Å². The molecule has 2 amide bonds. The topological polar surface area (TPSA) is 71.1 Å². The number of anilines is 1. The average molecular weight is 536 g/mol. The molecule has 3 aromatic rings. The number of carbonyl (C=O) groups is 2. The summed E-state index contributed by atoms with van der Waals surface area (Å²) in [5.74, 6) is 0.302. The van der Waals surface area contributed by atoms with Crippen LogP contribution in [0.4, 0.5) is 10.1 Å². The number of benzene rings is 3. The van der Waals surface area contributed by atoms with Gasteiger partial charge in [0.1, 0.15) is 11.9 Å². The molecule has 1 atom stereocenters. The molecule has 4 rings (SSSR count). The Morgan fingerprint density at radius 2 is 1.61 bits per heavy atom. The number of carbonyl (C=O) groups excluding carboxylic acids is 2. The van der Waals surface area contributed by atoms with Gasteiger partial charge in [-0.2, -0.15) is 0 Å². The van der Waals surface area contributed by atoms with E-state index in [9.17, 15) is 14.0 Å². The van der Waals surface area contributed by atoms with Crippen LogP contribution < -0.4 is 14.8 Å². The molecule has 3 aromatic carbocycles. The maximum Gasteiger partial charge on any atom is 0.252 e. The fourth-order valence-corrected chi connectivity index (χ4v) is 4.84. The van der Waals surface area contributed by atoms with Crippen LogP contribution >= 0.6 is 12.2 Å². The molecule has 0 unspecified atom stereocenters. The highest BCUT2D eigenvalue weighted by Crippen LogP contribution is 2.29. The summed E-state index contributed by atoms with van der Waals surface area (Å²) in [5.41, 5.74) is 2.54. The normalized spacial score (nSPS) is 15.1. The predicted molar refractivity (Wildman–Crippen MR) is 148 cm³/mol. The van der Waals surface area contributed by atoms with E-state index in [4.69, 9.17) is 21.7 Å². The Hall–Kier alpha value is -3.98. The third-order valence-corrected chi connectivity index (χ3v) is 6.92. The molecule has 0 bridgehead atoms. The fourth-order valence-electron chi connectivity index (χ4n) is 4.44. The molecule has 9 heteroatoms. The molecule has 0 aliphatic carbocycles. The fraction of sp³-hybridized carbons (Fsp3) is 0.276. The first-order valence-electron chi connectivity index (χ1n) is 12.3. The van der Waals surface area contributed by atoms with Crippen molar-refractivity contribution in [1.29, 1.82) is 0 Å². The van der Waals surface area contributed by atoms with E-state index in [1.165, 1.54) is 24.3 Å². The van der Waals surface area contributed by atoms with Crippen molar-refractivity contribution in [3.05, 3.63) is 89.7 Å². The second-order valence-electron chi connectivity index (χ2n) is 8.92. The molecule has 1 heterocycles. The molecule has 198 valence electrons. The molecular formula is C29H30FN3O4S. The molecule has 0 aromatic heterocycles. The lowest BCUT2D eigenvalue weighted by molar-refractivity contribution is -0.130. The highest BCUT2D eigenvalue weighted by atomic mass is 32.1. The maximum atomic E-state index is 13.5. The van der Waals surface area contributed by atoms with Crippen LogP contribution in [0.15, 0.2) is 72.8 Å².